The van der Waals surface area contributed by atoms with E-state index in [2.05, 4.69) is 21.9 Å². The Hall–Kier alpha value is -2.83. The van der Waals surface area contributed by atoms with Gasteiger partial charge < -0.3 is 9.29 Å². The van der Waals surface area contributed by atoms with Crippen LogP contribution in [-0.2, 0) is 11.2 Å². The highest BCUT2D eigenvalue weighted by molar-refractivity contribution is 7.91. The summed E-state index contributed by atoms with van der Waals surface area (Å²) in [6.45, 7) is 2.71. The highest BCUT2D eigenvalue weighted by Crippen LogP contribution is 2.31. The first-order valence-electron chi connectivity index (χ1n) is 8.81. The van der Waals surface area contributed by atoms with Crippen molar-refractivity contribution in [2.24, 2.45) is 0 Å². The Morgan fingerprint density at radius 1 is 1.07 bits per heavy atom. The molecule has 0 saturated heterocycles. The van der Waals surface area contributed by atoms with Crippen LogP contribution in [0, 0.1) is 0 Å². The largest absolute Gasteiger partial charge is 0.604 e. The van der Waals surface area contributed by atoms with E-state index in [-0.39, 0.29) is 0 Å². The number of pyridine rings is 1. The molecule has 1 atom stereocenters. The van der Waals surface area contributed by atoms with Crippen molar-refractivity contribution in [1.82, 2.24) is 15.0 Å². The van der Waals surface area contributed by atoms with Crippen molar-refractivity contribution in [2.45, 2.75) is 23.4 Å². The second-order valence-corrected chi connectivity index (χ2v) is 7.41. The first kappa shape index (κ1) is 17.6. The van der Waals surface area contributed by atoms with Gasteiger partial charge >= 0.3 is 5.16 Å². The van der Waals surface area contributed by atoms with E-state index in [1.807, 2.05) is 60.7 Å². The van der Waals surface area contributed by atoms with Crippen LogP contribution in [0.1, 0.15) is 13.3 Å². The second-order valence-electron chi connectivity index (χ2n) is 6.05. The number of H-pyrrole nitrogens is 1. The van der Waals surface area contributed by atoms with Gasteiger partial charge in [0.25, 0.3) is 0 Å². The van der Waals surface area contributed by atoms with Gasteiger partial charge in [0.2, 0.25) is 0 Å². The third-order valence-electron chi connectivity index (χ3n) is 4.11. The molecule has 2 aromatic carbocycles. The molecule has 0 fully saturated rings. The molecule has 2 aromatic heterocycles. The average molecular weight is 377 g/mol. The Bertz CT molecular complexity index is 1030. The van der Waals surface area contributed by atoms with E-state index in [1.54, 1.807) is 6.20 Å². The summed E-state index contributed by atoms with van der Waals surface area (Å²) in [7, 11) is 0. The Balaban J connectivity index is 1.72. The molecule has 0 saturated carbocycles. The van der Waals surface area contributed by atoms with Crippen LogP contribution < -0.4 is 4.74 Å². The molecule has 4 rings (SSSR count). The van der Waals surface area contributed by atoms with Crippen LogP contribution in [0.4, 0.5) is 0 Å². The number of nitrogens with one attached hydrogen (secondary N) is 1. The van der Waals surface area contributed by atoms with Gasteiger partial charge in [0, 0.05) is 12.3 Å². The van der Waals surface area contributed by atoms with Gasteiger partial charge in [0.1, 0.15) is 5.75 Å². The van der Waals surface area contributed by atoms with E-state index >= 15 is 0 Å². The van der Waals surface area contributed by atoms with Crippen molar-refractivity contribution in [3.63, 3.8) is 0 Å². The van der Waals surface area contributed by atoms with Crippen molar-refractivity contribution >= 4 is 22.2 Å². The Morgan fingerprint density at radius 2 is 1.89 bits per heavy atom. The fraction of sp³-hybridized carbons (Fsp3) is 0.143. The molecule has 2 heterocycles. The van der Waals surface area contributed by atoms with Gasteiger partial charge in [0.05, 0.1) is 40.1 Å². The van der Waals surface area contributed by atoms with E-state index in [9.17, 15) is 4.55 Å². The minimum absolute atomic E-state index is 0.432. The van der Waals surface area contributed by atoms with Gasteiger partial charge in [-0.25, -0.2) is 0 Å². The Morgan fingerprint density at radius 3 is 2.74 bits per heavy atom. The van der Waals surface area contributed by atoms with E-state index < -0.39 is 11.2 Å². The molecule has 1 unspecified atom stereocenters. The Labute approximate surface area is 160 Å². The molecule has 0 aliphatic heterocycles. The molecule has 27 heavy (non-hydrogen) atoms. The maximum absolute atomic E-state index is 13.2. The summed E-state index contributed by atoms with van der Waals surface area (Å²) in [6.07, 6.45) is 2.64. The molecule has 5 nitrogen and oxygen atoms in total. The van der Waals surface area contributed by atoms with Gasteiger partial charge in [-0.15, -0.1) is 0 Å². The SMILES string of the molecule is CCCOc1ccnc(-c2ccccc2[S+]([O-])c2nc3ccccc3[nH]2)c1. The summed E-state index contributed by atoms with van der Waals surface area (Å²) in [5, 5.41) is 0.432. The molecule has 0 bridgehead atoms. The molecule has 4 aromatic rings. The lowest BCUT2D eigenvalue weighted by Gasteiger charge is -2.12. The van der Waals surface area contributed by atoms with Crippen LogP contribution in [0.15, 0.2) is 76.9 Å². The van der Waals surface area contributed by atoms with Gasteiger partial charge in [0.15, 0.2) is 4.90 Å². The molecule has 6 heteroatoms. The second kappa shape index (κ2) is 7.82. The summed E-state index contributed by atoms with van der Waals surface area (Å²) in [5.74, 6) is 0.756. The lowest BCUT2D eigenvalue weighted by atomic mass is 10.1. The van der Waals surface area contributed by atoms with Crippen LogP contribution in [-0.4, -0.2) is 26.1 Å². The van der Waals surface area contributed by atoms with E-state index in [1.165, 1.54) is 0 Å². The number of fused-ring (bicyclic) bond motifs is 1. The number of aromatic amines is 1. The molecule has 0 aliphatic rings. The summed E-state index contributed by atoms with van der Waals surface area (Å²) < 4.78 is 18.9. The quantitative estimate of drug-likeness (QED) is 0.499. The predicted octanol–water partition coefficient (Wildman–Crippen LogP) is 4.58. The third kappa shape index (κ3) is 3.67. The molecule has 0 spiro atoms. The number of rotatable bonds is 6. The normalized spacial score (nSPS) is 12.2. The maximum Gasteiger partial charge on any atom is 0.327 e. The van der Waals surface area contributed by atoms with Crippen LogP contribution in [0.3, 0.4) is 0 Å². The number of hydrogen-bond donors (Lipinski definition) is 1. The zero-order valence-electron chi connectivity index (χ0n) is 14.9. The van der Waals surface area contributed by atoms with Crippen molar-refractivity contribution in [2.75, 3.05) is 6.61 Å². The average Bonchev–Trinajstić information content (AvgIpc) is 3.16. The number of hydrogen-bond acceptors (Lipinski definition) is 4. The first-order valence-corrected chi connectivity index (χ1v) is 9.96. The van der Waals surface area contributed by atoms with Crippen molar-refractivity contribution in [1.29, 1.82) is 0 Å². The van der Waals surface area contributed by atoms with Crippen LogP contribution in [0.5, 0.6) is 5.75 Å². The zero-order valence-corrected chi connectivity index (χ0v) is 15.7. The maximum atomic E-state index is 13.2. The third-order valence-corrected chi connectivity index (χ3v) is 5.41. The summed E-state index contributed by atoms with van der Waals surface area (Å²) in [5.41, 5.74) is 3.19. The van der Waals surface area contributed by atoms with Gasteiger partial charge in [-0.2, -0.15) is 4.98 Å². The van der Waals surface area contributed by atoms with Crippen molar-refractivity contribution in [3.05, 3.63) is 66.9 Å². The fourth-order valence-corrected chi connectivity index (χ4v) is 4.00. The minimum Gasteiger partial charge on any atom is -0.604 e. The zero-order chi connectivity index (χ0) is 18.6. The van der Waals surface area contributed by atoms with E-state index in [0.717, 1.165) is 34.5 Å². The number of aromatic nitrogens is 3. The molecule has 0 aliphatic carbocycles. The van der Waals surface area contributed by atoms with Crippen molar-refractivity contribution < 1.29 is 9.29 Å². The molecule has 1 N–H and O–H groups in total. The van der Waals surface area contributed by atoms with Gasteiger partial charge in [-0.3, -0.25) is 9.97 Å². The van der Waals surface area contributed by atoms with E-state index in [0.29, 0.717) is 16.7 Å². The summed E-state index contributed by atoms with van der Waals surface area (Å²) in [6, 6.07) is 18.9. The number of para-hydroxylation sites is 2. The van der Waals surface area contributed by atoms with Gasteiger partial charge in [-0.05, 0) is 36.8 Å². The topological polar surface area (TPSA) is 73.9 Å². The summed E-state index contributed by atoms with van der Waals surface area (Å²) in [4.78, 5) is 12.8. The number of benzene rings is 2. The van der Waals surface area contributed by atoms with Crippen LogP contribution >= 0.6 is 0 Å². The molecule has 0 radical (unpaired) electrons. The lowest BCUT2D eigenvalue weighted by molar-refractivity contribution is 0.317. The fourth-order valence-electron chi connectivity index (χ4n) is 2.83. The molecule has 0 amide bonds. The molecular weight excluding hydrogens is 358 g/mol. The van der Waals surface area contributed by atoms with Crippen LogP contribution in [0.2, 0.25) is 0 Å². The Kier molecular flexibility index (Phi) is 5.09. The number of nitrogens with zero attached hydrogens (tertiary/aromatic N) is 2. The standard InChI is InChI=1S/C21H19N3O2S/c1-2-13-26-15-11-12-22-19(14-15)16-7-3-6-10-20(16)27(25)21-23-17-8-4-5-9-18(17)24-21/h3-12,14H,2,13H2,1H3,(H,23,24). The lowest BCUT2D eigenvalue weighted by Crippen LogP contribution is -2.06. The predicted molar refractivity (Wildman–Crippen MR) is 106 cm³/mol. The monoisotopic (exact) mass is 377 g/mol. The van der Waals surface area contributed by atoms with Crippen molar-refractivity contribution in [3.8, 4) is 17.0 Å². The highest BCUT2D eigenvalue weighted by atomic mass is 32.2. The van der Waals surface area contributed by atoms with E-state index in [4.69, 9.17) is 4.74 Å². The molecule has 136 valence electrons. The highest BCUT2D eigenvalue weighted by Gasteiger charge is 2.24. The molecular formula is C21H19N3O2S. The number of ether oxygens (including phenoxy) is 1. The van der Waals surface area contributed by atoms with Gasteiger partial charge in [-0.1, -0.05) is 31.2 Å². The summed E-state index contributed by atoms with van der Waals surface area (Å²) >= 11 is -1.45. The smallest absolute Gasteiger partial charge is 0.327 e. The van der Waals surface area contributed by atoms with Crippen LogP contribution in [0.25, 0.3) is 22.3 Å². The first-order chi connectivity index (χ1) is 13.3. The number of imidazole rings is 1. The minimum atomic E-state index is -1.45.